The van der Waals surface area contributed by atoms with Crippen LogP contribution >= 0.6 is 11.6 Å². The van der Waals surface area contributed by atoms with Crippen LogP contribution in [0.25, 0.3) is 0 Å². The summed E-state index contributed by atoms with van der Waals surface area (Å²) >= 11 is 6.25. The van der Waals surface area contributed by atoms with Crippen molar-refractivity contribution in [2.75, 3.05) is 25.5 Å². The molecule has 2 aromatic carbocycles. The van der Waals surface area contributed by atoms with Gasteiger partial charge in [0.1, 0.15) is 0 Å². The molecule has 0 heterocycles. The lowest BCUT2D eigenvalue weighted by Gasteiger charge is -2.44. The average molecular weight is 575 g/mol. The summed E-state index contributed by atoms with van der Waals surface area (Å²) < 4.78 is 67.6. The third-order valence-electron chi connectivity index (χ3n) is 7.65. The molecule has 3 N–H and O–H groups in total. The van der Waals surface area contributed by atoms with Crippen molar-refractivity contribution in [1.82, 2.24) is 4.90 Å². The van der Waals surface area contributed by atoms with E-state index in [-0.39, 0.29) is 45.8 Å². The number of likely N-dealkylation sites (N-methyl/N-ethyl adjacent to an activating group) is 1. The molecule has 0 radical (unpaired) electrons. The van der Waals surface area contributed by atoms with Crippen molar-refractivity contribution >= 4 is 33.0 Å². The summed E-state index contributed by atoms with van der Waals surface area (Å²) in [6.07, 6.45) is 1.23. The van der Waals surface area contributed by atoms with Gasteiger partial charge in [-0.15, -0.1) is 0 Å². The summed E-state index contributed by atoms with van der Waals surface area (Å²) in [5.74, 6) is -6.02. The molecule has 2 aliphatic carbocycles. The molecular formula is C26H30ClF3N2O5S. The molecule has 1 amide bonds. The van der Waals surface area contributed by atoms with Crippen LogP contribution in [0, 0.1) is 29.3 Å². The normalized spacial score (nSPS) is 26.0. The second-order valence-electron chi connectivity index (χ2n) is 10.5. The molecule has 7 nitrogen and oxygen atoms in total. The summed E-state index contributed by atoms with van der Waals surface area (Å²) in [4.78, 5) is 14.3. The standard InChI is InChI=1S/C26H30ClF3N2O5S/c1-14(33)12-32(2)13-26(35)16-4-5-17(26)9-19(8-16)38(36,37)23-7-15(3-6-20(23)27)25(34)31-18-10-21(28)24(30)22(29)11-18/h3,6-7,10-11,14,16-17,19,33,35H,4-5,8-9,12-13H2,1-2H3,(H,31,34)/t14?,16-,17?,19-,26-/m0/s1. The van der Waals surface area contributed by atoms with Gasteiger partial charge in [-0.25, -0.2) is 21.6 Å². The molecule has 2 aromatic rings. The SMILES string of the molecule is CC(O)CN(C)C[C@@]1(O)C2CC[C@H]1C[C@H](S(=O)(=O)c1cc(C(=O)Nc3cc(F)c(F)c(F)c3)ccc1Cl)C2. The minimum Gasteiger partial charge on any atom is -0.392 e. The van der Waals surface area contributed by atoms with Gasteiger partial charge in [0.05, 0.1) is 26.9 Å². The highest BCUT2D eigenvalue weighted by atomic mass is 35.5. The summed E-state index contributed by atoms with van der Waals surface area (Å²) in [6.45, 7) is 2.36. The molecular weight excluding hydrogens is 545 g/mol. The Balaban J connectivity index is 1.54. The fourth-order valence-corrected chi connectivity index (χ4v) is 8.34. The highest BCUT2D eigenvalue weighted by Crippen LogP contribution is 2.52. The van der Waals surface area contributed by atoms with E-state index in [1.165, 1.54) is 12.1 Å². The summed E-state index contributed by atoms with van der Waals surface area (Å²) in [5.41, 5.74) is -1.52. The van der Waals surface area contributed by atoms with Crippen LogP contribution in [0.2, 0.25) is 5.02 Å². The zero-order valence-electron chi connectivity index (χ0n) is 20.9. The average Bonchev–Trinajstić information content (AvgIpc) is 2.98. The Labute approximate surface area is 224 Å². The number of carbonyl (C=O) groups excluding carboxylic acids is 1. The number of nitrogens with one attached hydrogen (secondary N) is 1. The van der Waals surface area contributed by atoms with Crippen molar-refractivity contribution in [3.05, 3.63) is 58.4 Å². The summed E-state index contributed by atoms with van der Waals surface area (Å²) in [5, 5.41) is 22.5. The van der Waals surface area contributed by atoms with E-state index in [0.29, 0.717) is 38.1 Å². The second-order valence-corrected chi connectivity index (χ2v) is 13.1. The zero-order chi connectivity index (χ0) is 28.0. The fourth-order valence-electron chi connectivity index (χ4n) is 5.94. The van der Waals surface area contributed by atoms with Gasteiger partial charge in [-0.1, -0.05) is 11.6 Å². The molecule has 2 bridgehead atoms. The number of rotatable bonds is 8. The number of fused-ring (bicyclic) bond motifs is 2. The quantitative estimate of drug-likeness (QED) is 0.411. The largest absolute Gasteiger partial charge is 0.392 e. The smallest absolute Gasteiger partial charge is 0.255 e. The van der Waals surface area contributed by atoms with Crippen molar-refractivity contribution in [3.8, 4) is 0 Å². The van der Waals surface area contributed by atoms with Crippen molar-refractivity contribution in [3.63, 3.8) is 0 Å². The molecule has 2 aliphatic rings. The molecule has 2 saturated carbocycles. The lowest BCUT2D eigenvalue weighted by molar-refractivity contribution is -0.0799. The Morgan fingerprint density at radius 3 is 2.29 bits per heavy atom. The lowest BCUT2D eigenvalue weighted by Crippen LogP contribution is -2.54. The van der Waals surface area contributed by atoms with Crippen molar-refractivity contribution in [2.24, 2.45) is 11.8 Å². The molecule has 2 unspecified atom stereocenters. The van der Waals surface area contributed by atoms with Gasteiger partial charge in [-0.2, -0.15) is 0 Å². The number of benzene rings is 2. The maximum Gasteiger partial charge on any atom is 0.255 e. The Morgan fingerprint density at radius 2 is 1.74 bits per heavy atom. The predicted octanol–water partition coefficient (Wildman–Crippen LogP) is 4.02. The number of carbonyl (C=O) groups is 1. The van der Waals surface area contributed by atoms with E-state index in [1.54, 1.807) is 14.0 Å². The van der Waals surface area contributed by atoms with Crippen LogP contribution in [0.3, 0.4) is 0 Å². The van der Waals surface area contributed by atoms with Gasteiger partial charge in [0, 0.05) is 36.5 Å². The number of sulfone groups is 1. The third kappa shape index (κ3) is 5.58. The van der Waals surface area contributed by atoms with E-state index in [4.69, 9.17) is 11.6 Å². The van der Waals surface area contributed by atoms with Crippen LogP contribution in [0.4, 0.5) is 18.9 Å². The van der Waals surface area contributed by atoms with Gasteiger partial charge in [0.2, 0.25) is 0 Å². The van der Waals surface area contributed by atoms with E-state index in [2.05, 4.69) is 5.32 Å². The molecule has 0 saturated heterocycles. The van der Waals surface area contributed by atoms with Crippen LogP contribution in [0.15, 0.2) is 35.2 Å². The third-order valence-corrected chi connectivity index (χ3v) is 10.3. The summed E-state index contributed by atoms with van der Waals surface area (Å²) in [7, 11) is -2.21. The lowest BCUT2D eigenvalue weighted by atomic mass is 9.74. The molecule has 2 fully saturated rings. The number of aliphatic hydroxyl groups is 2. The first-order valence-corrected chi connectivity index (χ1v) is 14.2. The van der Waals surface area contributed by atoms with E-state index in [1.807, 2.05) is 4.90 Å². The minimum absolute atomic E-state index is 0.0785. The van der Waals surface area contributed by atoms with Crippen LogP contribution in [-0.4, -0.2) is 66.5 Å². The van der Waals surface area contributed by atoms with E-state index in [9.17, 15) is 36.6 Å². The monoisotopic (exact) mass is 574 g/mol. The Hall–Kier alpha value is -2.18. The molecule has 0 spiro atoms. The molecule has 208 valence electrons. The van der Waals surface area contributed by atoms with E-state index in [0.717, 1.165) is 6.07 Å². The topological polar surface area (TPSA) is 107 Å². The van der Waals surface area contributed by atoms with Gasteiger partial charge >= 0.3 is 0 Å². The van der Waals surface area contributed by atoms with Gasteiger partial charge in [0.15, 0.2) is 27.3 Å². The van der Waals surface area contributed by atoms with Crippen molar-refractivity contribution in [2.45, 2.75) is 54.5 Å². The Bertz CT molecular complexity index is 1300. The highest BCUT2D eigenvalue weighted by Gasteiger charge is 2.56. The molecule has 4 rings (SSSR count). The van der Waals surface area contributed by atoms with Gasteiger partial charge in [-0.05, 0) is 69.7 Å². The molecule has 0 aromatic heterocycles. The Kier molecular flexibility index (Phi) is 8.17. The number of nitrogens with zero attached hydrogens (tertiary/aromatic N) is 1. The van der Waals surface area contributed by atoms with E-state index < -0.39 is 50.2 Å². The van der Waals surface area contributed by atoms with E-state index >= 15 is 0 Å². The van der Waals surface area contributed by atoms with Crippen LogP contribution < -0.4 is 5.32 Å². The number of anilines is 1. The first-order chi connectivity index (χ1) is 17.7. The maximum atomic E-state index is 13.7. The van der Waals surface area contributed by atoms with Crippen molar-refractivity contribution in [1.29, 1.82) is 0 Å². The number of hydrogen-bond acceptors (Lipinski definition) is 6. The molecule has 5 atom stereocenters. The van der Waals surface area contributed by atoms with Crippen molar-refractivity contribution < 1.29 is 36.6 Å². The molecule has 12 heteroatoms. The number of hydrogen-bond donors (Lipinski definition) is 3. The second kappa shape index (κ2) is 10.8. The fraction of sp³-hybridized carbons (Fsp3) is 0.500. The van der Waals surface area contributed by atoms with Gasteiger partial charge in [0.25, 0.3) is 5.91 Å². The minimum atomic E-state index is -4.01. The number of amides is 1. The predicted molar refractivity (Wildman–Crippen MR) is 136 cm³/mol. The zero-order valence-corrected chi connectivity index (χ0v) is 22.5. The highest BCUT2D eigenvalue weighted by molar-refractivity contribution is 7.92. The number of aliphatic hydroxyl groups excluding tert-OH is 1. The Morgan fingerprint density at radius 1 is 1.16 bits per heavy atom. The van der Waals surface area contributed by atoms with Gasteiger partial charge in [-0.3, -0.25) is 4.79 Å². The maximum absolute atomic E-state index is 13.7. The van der Waals surface area contributed by atoms with Gasteiger partial charge < -0.3 is 20.4 Å². The van der Waals surface area contributed by atoms with Crippen LogP contribution in [0.5, 0.6) is 0 Å². The molecule has 0 aliphatic heterocycles. The first kappa shape index (κ1) is 28.8. The molecule has 38 heavy (non-hydrogen) atoms. The van der Waals surface area contributed by atoms with Crippen LogP contribution in [-0.2, 0) is 9.84 Å². The summed E-state index contributed by atoms with van der Waals surface area (Å²) in [6, 6.07) is 4.87. The first-order valence-electron chi connectivity index (χ1n) is 12.3. The number of halogens is 4. The van der Waals surface area contributed by atoms with Crippen LogP contribution in [0.1, 0.15) is 43.0 Å².